The normalized spacial score (nSPS) is 15.7. The highest BCUT2D eigenvalue weighted by molar-refractivity contribution is 9.09. The van der Waals surface area contributed by atoms with Gasteiger partial charge in [0.1, 0.15) is 5.82 Å². The molecule has 1 unspecified atom stereocenters. The van der Waals surface area contributed by atoms with Gasteiger partial charge in [-0.25, -0.2) is 4.39 Å². The number of alkyl halides is 1. The number of rotatable bonds is 5. The summed E-state index contributed by atoms with van der Waals surface area (Å²) in [6.45, 7) is 4.17. The fourth-order valence-corrected chi connectivity index (χ4v) is 3.20. The van der Waals surface area contributed by atoms with Crippen LogP contribution in [-0.4, -0.2) is 23.6 Å². The smallest absolute Gasteiger partial charge is 0.299 e. The third kappa shape index (κ3) is 2.77. The highest BCUT2D eigenvalue weighted by Gasteiger charge is 2.38. The molecule has 0 bridgehead atoms. The van der Waals surface area contributed by atoms with E-state index in [1.54, 1.807) is 13.0 Å². The molecule has 1 aromatic carbocycles. The molecule has 0 radical (unpaired) electrons. The molecule has 1 amide bonds. The van der Waals surface area contributed by atoms with Gasteiger partial charge in [0.05, 0.1) is 11.3 Å². The summed E-state index contributed by atoms with van der Waals surface area (Å²) in [6.07, 6.45) is 1.73. The number of aryl methyl sites for hydroxylation is 1. The molecule has 1 heterocycles. The van der Waals surface area contributed by atoms with E-state index in [2.05, 4.69) is 22.9 Å². The van der Waals surface area contributed by atoms with Crippen molar-refractivity contribution in [2.75, 3.05) is 16.8 Å². The first-order valence-corrected chi connectivity index (χ1v) is 7.80. The SMILES string of the molecule is Cc1cc(F)c2c(c1)C(=O)C(=O)N2CCC(C)CCBr. The zero-order valence-corrected chi connectivity index (χ0v) is 13.2. The molecule has 20 heavy (non-hydrogen) atoms. The first-order chi connectivity index (χ1) is 9.45. The van der Waals surface area contributed by atoms with E-state index in [1.807, 2.05) is 0 Å². The van der Waals surface area contributed by atoms with Gasteiger partial charge in [0.15, 0.2) is 0 Å². The Labute approximate surface area is 126 Å². The van der Waals surface area contributed by atoms with Gasteiger partial charge in [-0.2, -0.15) is 0 Å². The number of anilines is 1. The van der Waals surface area contributed by atoms with E-state index in [-0.39, 0.29) is 11.3 Å². The second kappa shape index (κ2) is 6.04. The van der Waals surface area contributed by atoms with Crippen molar-refractivity contribution in [3.63, 3.8) is 0 Å². The molecule has 0 fully saturated rings. The molecule has 1 aliphatic rings. The number of hydrogen-bond donors (Lipinski definition) is 0. The summed E-state index contributed by atoms with van der Waals surface area (Å²) in [6, 6.07) is 2.94. The number of fused-ring (bicyclic) bond motifs is 1. The van der Waals surface area contributed by atoms with Crippen molar-refractivity contribution in [3.8, 4) is 0 Å². The van der Waals surface area contributed by atoms with Crippen molar-refractivity contribution in [2.45, 2.75) is 26.7 Å². The first kappa shape index (κ1) is 15.2. The minimum Gasteiger partial charge on any atom is -0.302 e. The maximum atomic E-state index is 14.1. The maximum Gasteiger partial charge on any atom is 0.299 e. The third-order valence-electron chi connectivity index (χ3n) is 3.61. The number of carbonyl (C=O) groups is 2. The summed E-state index contributed by atoms with van der Waals surface area (Å²) in [4.78, 5) is 25.2. The van der Waals surface area contributed by atoms with E-state index >= 15 is 0 Å². The number of nitrogens with zero attached hydrogens (tertiary/aromatic N) is 1. The van der Waals surface area contributed by atoms with Gasteiger partial charge in [0, 0.05) is 11.9 Å². The maximum absolute atomic E-state index is 14.1. The largest absolute Gasteiger partial charge is 0.302 e. The van der Waals surface area contributed by atoms with Crippen LogP contribution in [0.5, 0.6) is 0 Å². The first-order valence-electron chi connectivity index (χ1n) is 6.68. The molecule has 1 atom stereocenters. The number of hydrogen-bond acceptors (Lipinski definition) is 2. The molecule has 0 saturated heterocycles. The second-order valence-electron chi connectivity index (χ2n) is 5.30. The lowest BCUT2D eigenvalue weighted by molar-refractivity contribution is -0.114. The number of Topliss-reactive ketones (excluding diaryl/α,β-unsaturated/α-hetero) is 1. The van der Waals surface area contributed by atoms with Crippen LogP contribution in [-0.2, 0) is 4.79 Å². The van der Waals surface area contributed by atoms with Gasteiger partial charge in [-0.05, 0) is 43.4 Å². The van der Waals surface area contributed by atoms with Gasteiger partial charge >= 0.3 is 0 Å². The van der Waals surface area contributed by atoms with Crippen LogP contribution >= 0.6 is 15.9 Å². The lowest BCUT2D eigenvalue weighted by Gasteiger charge is -2.19. The van der Waals surface area contributed by atoms with Crippen molar-refractivity contribution in [1.29, 1.82) is 0 Å². The molecule has 0 spiro atoms. The highest BCUT2D eigenvalue weighted by Crippen LogP contribution is 2.33. The van der Waals surface area contributed by atoms with Crippen LogP contribution < -0.4 is 4.90 Å². The topological polar surface area (TPSA) is 37.4 Å². The zero-order chi connectivity index (χ0) is 14.9. The number of ketones is 1. The van der Waals surface area contributed by atoms with E-state index in [0.717, 1.165) is 18.2 Å². The monoisotopic (exact) mass is 341 g/mol. The summed E-state index contributed by atoms with van der Waals surface area (Å²) >= 11 is 3.38. The van der Waals surface area contributed by atoms with E-state index in [1.165, 1.54) is 11.0 Å². The average Bonchev–Trinajstić information content (AvgIpc) is 2.61. The summed E-state index contributed by atoms with van der Waals surface area (Å²) in [5.74, 6) is -1.30. The Bertz CT molecular complexity index is 559. The van der Waals surface area contributed by atoms with E-state index in [9.17, 15) is 14.0 Å². The molecule has 1 aromatic rings. The molecule has 3 nitrogen and oxygen atoms in total. The fourth-order valence-electron chi connectivity index (χ4n) is 2.41. The van der Waals surface area contributed by atoms with Crippen LogP contribution in [0.2, 0.25) is 0 Å². The molecule has 1 aliphatic heterocycles. The van der Waals surface area contributed by atoms with Gasteiger partial charge in [0.2, 0.25) is 0 Å². The summed E-state index contributed by atoms with van der Waals surface area (Å²) in [5, 5.41) is 0.894. The number of amides is 1. The minimum absolute atomic E-state index is 0.150. The van der Waals surface area contributed by atoms with Crippen LogP contribution in [0.1, 0.15) is 35.7 Å². The van der Waals surface area contributed by atoms with Crippen molar-refractivity contribution in [1.82, 2.24) is 0 Å². The number of carbonyl (C=O) groups excluding carboxylic acids is 2. The van der Waals surface area contributed by atoms with Crippen LogP contribution in [0.3, 0.4) is 0 Å². The molecule has 5 heteroatoms. The van der Waals surface area contributed by atoms with Gasteiger partial charge in [-0.3, -0.25) is 9.59 Å². The van der Waals surface area contributed by atoms with Gasteiger partial charge in [0.25, 0.3) is 11.7 Å². The highest BCUT2D eigenvalue weighted by atomic mass is 79.9. The van der Waals surface area contributed by atoms with Gasteiger partial charge < -0.3 is 4.90 Å². The third-order valence-corrected chi connectivity index (χ3v) is 4.07. The molecule has 2 rings (SSSR count). The van der Waals surface area contributed by atoms with E-state index in [0.29, 0.717) is 18.0 Å². The van der Waals surface area contributed by atoms with Gasteiger partial charge in [-0.1, -0.05) is 22.9 Å². The Morgan fingerprint density at radius 3 is 2.65 bits per heavy atom. The second-order valence-corrected chi connectivity index (χ2v) is 6.09. The lowest BCUT2D eigenvalue weighted by Crippen LogP contribution is -2.32. The molecule has 0 aromatic heterocycles. The van der Waals surface area contributed by atoms with Crippen LogP contribution in [0.4, 0.5) is 10.1 Å². The standard InChI is InChI=1S/C15H17BrFNO2/c1-9(3-5-16)4-6-18-13-11(14(19)15(18)20)7-10(2)8-12(13)17/h7-9H,3-6H2,1-2H3. The Morgan fingerprint density at radius 2 is 2.00 bits per heavy atom. The van der Waals surface area contributed by atoms with Crippen molar-refractivity contribution >= 4 is 33.3 Å². The summed E-state index contributed by atoms with van der Waals surface area (Å²) in [5.41, 5.74) is 0.995. The van der Waals surface area contributed by atoms with Crippen molar-refractivity contribution in [3.05, 3.63) is 29.1 Å². The quantitative estimate of drug-likeness (QED) is 0.607. The van der Waals surface area contributed by atoms with E-state index in [4.69, 9.17) is 0 Å². The molecule has 0 aliphatic carbocycles. The van der Waals surface area contributed by atoms with Crippen molar-refractivity contribution in [2.24, 2.45) is 5.92 Å². The predicted molar refractivity (Wildman–Crippen MR) is 80.0 cm³/mol. The summed E-state index contributed by atoms with van der Waals surface area (Å²) < 4.78 is 14.1. The van der Waals surface area contributed by atoms with Crippen molar-refractivity contribution < 1.29 is 14.0 Å². The number of halogens is 2. The van der Waals surface area contributed by atoms with Gasteiger partial charge in [-0.15, -0.1) is 0 Å². The molecule has 108 valence electrons. The Balaban J connectivity index is 2.24. The minimum atomic E-state index is -0.615. The Kier molecular flexibility index (Phi) is 4.58. The molecular weight excluding hydrogens is 325 g/mol. The fraction of sp³-hybridized carbons (Fsp3) is 0.467. The predicted octanol–water partition coefficient (Wildman–Crippen LogP) is 3.47. The van der Waals surface area contributed by atoms with E-state index < -0.39 is 17.5 Å². The van der Waals surface area contributed by atoms with Crippen LogP contribution in [0, 0.1) is 18.7 Å². The Hall–Kier alpha value is -1.23. The molecular formula is C15H17BrFNO2. The van der Waals surface area contributed by atoms with Crippen LogP contribution in [0.15, 0.2) is 12.1 Å². The molecule has 0 N–H and O–H groups in total. The lowest BCUT2D eigenvalue weighted by atomic mass is 10.0. The Morgan fingerprint density at radius 1 is 1.30 bits per heavy atom. The van der Waals surface area contributed by atoms with Crippen LogP contribution in [0.25, 0.3) is 0 Å². The zero-order valence-electron chi connectivity index (χ0n) is 11.6. The molecule has 0 saturated carbocycles. The number of benzene rings is 1. The summed E-state index contributed by atoms with van der Waals surface area (Å²) in [7, 11) is 0. The average molecular weight is 342 g/mol.